The molecule has 2 aliphatic rings. The second kappa shape index (κ2) is 5.44. The Morgan fingerprint density at radius 3 is 2.90 bits per heavy atom. The van der Waals surface area contributed by atoms with Crippen LogP contribution < -0.4 is 0 Å². The summed E-state index contributed by atoms with van der Waals surface area (Å²) in [5, 5.41) is 10.7. The number of carbonyl (C=O) groups excluding carboxylic acids is 1. The molecule has 116 valence electrons. The zero-order chi connectivity index (χ0) is 15.0. The number of nitrogens with zero attached hydrogens (tertiary/aromatic N) is 2. The Labute approximate surface area is 125 Å². The average Bonchev–Trinajstić information content (AvgIpc) is 3.06. The van der Waals surface area contributed by atoms with Crippen LogP contribution in [-0.4, -0.2) is 44.1 Å². The van der Waals surface area contributed by atoms with E-state index in [4.69, 9.17) is 0 Å². The largest absolute Gasteiger partial charge is 0.390 e. The van der Waals surface area contributed by atoms with Crippen molar-refractivity contribution in [1.82, 2.24) is 14.9 Å². The van der Waals surface area contributed by atoms with Crippen LogP contribution in [0.4, 0.5) is 0 Å². The van der Waals surface area contributed by atoms with Crippen molar-refractivity contribution < 1.29 is 9.90 Å². The normalized spacial score (nSPS) is 33.4. The van der Waals surface area contributed by atoms with Crippen molar-refractivity contribution in [2.24, 2.45) is 5.92 Å². The Bertz CT molecular complexity index is 523. The number of hydrogen-bond donors (Lipinski definition) is 2. The second-order valence-electron chi connectivity index (χ2n) is 6.80. The number of aryl methyl sites for hydroxylation is 1. The highest BCUT2D eigenvalue weighted by atomic mass is 16.3. The van der Waals surface area contributed by atoms with Gasteiger partial charge in [0.15, 0.2) is 0 Å². The molecule has 2 fully saturated rings. The van der Waals surface area contributed by atoms with Crippen LogP contribution in [0.5, 0.6) is 0 Å². The standard InChI is InChI=1S/C16H25N3O2/c1-11-17-10-13(18-11)15(20)19-9-5-7-14(19)12-6-3-4-8-16(12,2)21/h10,12,14,21H,3-9H2,1-2H3,(H,17,18). The van der Waals surface area contributed by atoms with E-state index < -0.39 is 5.60 Å². The van der Waals surface area contributed by atoms with Crippen LogP contribution in [0.3, 0.4) is 0 Å². The Morgan fingerprint density at radius 1 is 1.43 bits per heavy atom. The van der Waals surface area contributed by atoms with Crippen LogP contribution in [0.1, 0.15) is 61.8 Å². The summed E-state index contributed by atoms with van der Waals surface area (Å²) in [5.74, 6) is 0.986. The van der Waals surface area contributed by atoms with E-state index in [2.05, 4.69) is 9.97 Å². The highest BCUT2D eigenvalue weighted by Crippen LogP contribution is 2.40. The summed E-state index contributed by atoms with van der Waals surface area (Å²) < 4.78 is 0. The zero-order valence-electron chi connectivity index (χ0n) is 12.9. The van der Waals surface area contributed by atoms with E-state index in [1.165, 1.54) is 0 Å². The first kappa shape index (κ1) is 14.6. The lowest BCUT2D eigenvalue weighted by atomic mass is 9.72. The lowest BCUT2D eigenvalue weighted by molar-refractivity contribution is -0.0578. The van der Waals surface area contributed by atoms with Gasteiger partial charge in [0.05, 0.1) is 11.8 Å². The van der Waals surface area contributed by atoms with Gasteiger partial charge in [-0.2, -0.15) is 0 Å². The molecule has 3 atom stereocenters. The SMILES string of the molecule is Cc1ncc(C(=O)N2CCCC2C2CCCCC2(C)O)[nH]1. The fraction of sp³-hybridized carbons (Fsp3) is 0.750. The van der Waals surface area contributed by atoms with Crippen molar-refractivity contribution in [3.8, 4) is 0 Å². The summed E-state index contributed by atoms with van der Waals surface area (Å²) in [5.41, 5.74) is -0.0785. The number of nitrogens with one attached hydrogen (secondary N) is 1. The smallest absolute Gasteiger partial charge is 0.272 e. The number of amides is 1. The Morgan fingerprint density at radius 2 is 2.24 bits per heavy atom. The summed E-state index contributed by atoms with van der Waals surface area (Å²) in [7, 11) is 0. The number of aliphatic hydroxyl groups is 1. The lowest BCUT2D eigenvalue weighted by Gasteiger charge is -2.43. The summed E-state index contributed by atoms with van der Waals surface area (Å²) in [6.07, 6.45) is 7.75. The first-order chi connectivity index (χ1) is 9.99. The molecular formula is C16H25N3O2. The Hall–Kier alpha value is -1.36. The highest BCUT2D eigenvalue weighted by molar-refractivity contribution is 5.92. The maximum Gasteiger partial charge on any atom is 0.272 e. The van der Waals surface area contributed by atoms with Crippen molar-refractivity contribution >= 4 is 5.91 Å². The molecule has 3 rings (SSSR count). The molecule has 2 heterocycles. The van der Waals surface area contributed by atoms with E-state index >= 15 is 0 Å². The van der Waals surface area contributed by atoms with E-state index in [0.717, 1.165) is 50.9 Å². The van der Waals surface area contributed by atoms with Crippen LogP contribution in [0.2, 0.25) is 0 Å². The molecule has 1 saturated heterocycles. The second-order valence-corrected chi connectivity index (χ2v) is 6.80. The topological polar surface area (TPSA) is 69.2 Å². The monoisotopic (exact) mass is 291 g/mol. The number of hydrogen-bond acceptors (Lipinski definition) is 3. The summed E-state index contributed by atoms with van der Waals surface area (Å²) in [6.45, 7) is 4.58. The number of imidazole rings is 1. The molecule has 1 aromatic heterocycles. The number of rotatable bonds is 2. The van der Waals surface area contributed by atoms with Gasteiger partial charge in [-0.25, -0.2) is 4.98 Å². The van der Waals surface area contributed by atoms with Crippen molar-refractivity contribution in [2.75, 3.05) is 6.54 Å². The number of aromatic amines is 1. The Kier molecular flexibility index (Phi) is 3.78. The first-order valence-electron chi connectivity index (χ1n) is 8.04. The van der Waals surface area contributed by atoms with Gasteiger partial charge in [-0.3, -0.25) is 4.79 Å². The predicted molar refractivity (Wildman–Crippen MR) is 80.0 cm³/mol. The number of H-pyrrole nitrogens is 1. The Balaban J connectivity index is 1.80. The van der Waals surface area contributed by atoms with Crippen LogP contribution in [0.15, 0.2) is 6.20 Å². The molecule has 5 nitrogen and oxygen atoms in total. The fourth-order valence-corrected chi connectivity index (χ4v) is 4.10. The van der Waals surface area contributed by atoms with Gasteiger partial charge < -0.3 is 15.0 Å². The minimum Gasteiger partial charge on any atom is -0.390 e. The van der Waals surface area contributed by atoms with Crippen LogP contribution >= 0.6 is 0 Å². The average molecular weight is 291 g/mol. The quantitative estimate of drug-likeness (QED) is 0.878. The molecule has 5 heteroatoms. The van der Waals surface area contributed by atoms with Crippen molar-refractivity contribution in [3.63, 3.8) is 0 Å². The number of carbonyl (C=O) groups is 1. The number of aromatic nitrogens is 2. The first-order valence-corrected chi connectivity index (χ1v) is 8.04. The molecule has 3 unspecified atom stereocenters. The van der Waals surface area contributed by atoms with Crippen molar-refractivity contribution in [2.45, 2.75) is 64.0 Å². The minimum absolute atomic E-state index is 0.0273. The predicted octanol–water partition coefficient (Wildman–Crippen LogP) is 2.26. The lowest BCUT2D eigenvalue weighted by Crippen LogP contribution is -2.50. The van der Waals surface area contributed by atoms with Gasteiger partial charge in [-0.15, -0.1) is 0 Å². The third-order valence-electron chi connectivity index (χ3n) is 5.20. The van der Waals surface area contributed by atoms with Gasteiger partial charge in [0.25, 0.3) is 5.91 Å². The molecule has 0 bridgehead atoms. The van der Waals surface area contributed by atoms with E-state index in [9.17, 15) is 9.90 Å². The van der Waals surface area contributed by atoms with Crippen LogP contribution in [-0.2, 0) is 0 Å². The van der Waals surface area contributed by atoms with Crippen molar-refractivity contribution in [3.05, 3.63) is 17.7 Å². The summed E-state index contributed by atoms with van der Waals surface area (Å²) in [4.78, 5) is 21.8. The molecule has 0 radical (unpaired) electrons. The molecular weight excluding hydrogens is 266 g/mol. The molecule has 2 N–H and O–H groups in total. The van der Waals surface area contributed by atoms with Crippen LogP contribution in [0.25, 0.3) is 0 Å². The molecule has 1 aliphatic carbocycles. The van der Waals surface area contributed by atoms with E-state index in [-0.39, 0.29) is 17.9 Å². The van der Waals surface area contributed by atoms with E-state index in [1.807, 2.05) is 18.7 Å². The van der Waals surface area contributed by atoms with Gasteiger partial charge in [-0.1, -0.05) is 12.8 Å². The number of likely N-dealkylation sites (tertiary alicyclic amines) is 1. The molecule has 21 heavy (non-hydrogen) atoms. The molecule has 1 aromatic rings. The van der Waals surface area contributed by atoms with Gasteiger partial charge in [0.1, 0.15) is 11.5 Å². The maximum absolute atomic E-state index is 12.7. The van der Waals surface area contributed by atoms with Gasteiger partial charge in [0, 0.05) is 18.5 Å². The van der Waals surface area contributed by atoms with Crippen LogP contribution in [0, 0.1) is 12.8 Å². The van der Waals surface area contributed by atoms with Gasteiger partial charge >= 0.3 is 0 Å². The highest BCUT2D eigenvalue weighted by Gasteiger charge is 2.44. The third kappa shape index (κ3) is 2.71. The zero-order valence-corrected chi connectivity index (χ0v) is 12.9. The molecule has 1 aliphatic heterocycles. The van der Waals surface area contributed by atoms with Crippen molar-refractivity contribution in [1.29, 1.82) is 0 Å². The third-order valence-corrected chi connectivity index (χ3v) is 5.20. The van der Waals surface area contributed by atoms with Gasteiger partial charge in [0.2, 0.25) is 0 Å². The molecule has 1 amide bonds. The molecule has 1 saturated carbocycles. The molecule has 0 aromatic carbocycles. The summed E-state index contributed by atoms with van der Waals surface area (Å²) >= 11 is 0. The summed E-state index contributed by atoms with van der Waals surface area (Å²) in [6, 6.07) is 0.163. The maximum atomic E-state index is 12.7. The molecule has 0 spiro atoms. The minimum atomic E-state index is -0.643. The fourth-order valence-electron chi connectivity index (χ4n) is 4.10. The van der Waals surface area contributed by atoms with Gasteiger partial charge in [-0.05, 0) is 39.5 Å². The van der Waals surface area contributed by atoms with E-state index in [0.29, 0.717) is 5.69 Å². The van der Waals surface area contributed by atoms with E-state index in [1.54, 1.807) is 6.20 Å².